The predicted molar refractivity (Wildman–Crippen MR) is 132 cm³/mol. The number of nitrogens with one attached hydrogen (secondary N) is 1. The van der Waals surface area contributed by atoms with Crippen LogP contribution in [0.25, 0.3) is 10.9 Å². The molecule has 1 aliphatic carbocycles. The van der Waals surface area contributed by atoms with Crippen molar-refractivity contribution >= 4 is 51.5 Å². The molecule has 1 aliphatic heterocycles. The van der Waals surface area contributed by atoms with Crippen LogP contribution in [-0.4, -0.2) is 40.1 Å². The topological polar surface area (TPSA) is 67.2 Å². The second-order valence-corrected chi connectivity index (χ2v) is 9.90. The number of aromatic nitrogens is 2. The van der Waals surface area contributed by atoms with E-state index < -0.39 is 0 Å². The zero-order valence-corrected chi connectivity index (χ0v) is 19.3. The highest BCUT2D eigenvalue weighted by atomic mass is 35.5. The van der Waals surface area contributed by atoms with E-state index in [9.17, 15) is 9.59 Å². The van der Waals surface area contributed by atoms with Crippen LogP contribution in [0.3, 0.4) is 0 Å². The van der Waals surface area contributed by atoms with Gasteiger partial charge in [-0.15, -0.1) is 0 Å². The van der Waals surface area contributed by atoms with Crippen LogP contribution in [0.1, 0.15) is 31.1 Å². The first-order valence-corrected chi connectivity index (χ1v) is 12.6. The van der Waals surface area contributed by atoms with Gasteiger partial charge in [0.25, 0.3) is 5.56 Å². The summed E-state index contributed by atoms with van der Waals surface area (Å²) in [6, 6.07) is 13.3. The Morgan fingerprint density at radius 3 is 2.69 bits per heavy atom. The van der Waals surface area contributed by atoms with Gasteiger partial charge < -0.3 is 10.2 Å². The second kappa shape index (κ2) is 9.16. The number of hydrogen-bond donors (Lipinski definition) is 1. The fourth-order valence-electron chi connectivity index (χ4n) is 4.17. The summed E-state index contributed by atoms with van der Waals surface area (Å²) in [6.07, 6.45) is 2.64. The largest absolute Gasteiger partial charge is 0.369 e. The van der Waals surface area contributed by atoms with E-state index >= 15 is 0 Å². The van der Waals surface area contributed by atoms with Gasteiger partial charge in [-0.25, -0.2) is 4.98 Å². The van der Waals surface area contributed by atoms with Gasteiger partial charge in [-0.2, -0.15) is 11.8 Å². The monoisotopic (exact) mass is 468 g/mol. The van der Waals surface area contributed by atoms with Gasteiger partial charge in [0, 0.05) is 49.2 Å². The SMILES string of the molecule is O=C(CCc1nc2ccccc2c(=O)n1C1CC1)Nc1ccc(N2CCSCC2)c(Cl)c1. The lowest BCUT2D eigenvalue weighted by Crippen LogP contribution is -2.32. The zero-order valence-electron chi connectivity index (χ0n) is 17.7. The molecular formula is C24H25ClN4O2S. The maximum Gasteiger partial charge on any atom is 0.261 e. The van der Waals surface area contributed by atoms with E-state index in [2.05, 4.69) is 10.2 Å². The van der Waals surface area contributed by atoms with Crippen LogP contribution in [0, 0.1) is 0 Å². The molecule has 32 heavy (non-hydrogen) atoms. The van der Waals surface area contributed by atoms with Crippen molar-refractivity contribution in [1.29, 1.82) is 0 Å². The molecule has 6 nitrogen and oxygen atoms in total. The first kappa shape index (κ1) is 21.3. The number of anilines is 2. The maximum atomic E-state index is 13.0. The van der Waals surface area contributed by atoms with E-state index in [0.717, 1.165) is 43.1 Å². The fourth-order valence-corrected chi connectivity index (χ4v) is 5.37. The van der Waals surface area contributed by atoms with E-state index in [1.165, 1.54) is 0 Å². The lowest BCUT2D eigenvalue weighted by atomic mass is 10.2. The Hall–Kier alpha value is -2.51. The third-order valence-corrected chi connectivity index (χ3v) is 7.20. The van der Waals surface area contributed by atoms with Gasteiger partial charge in [-0.1, -0.05) is 23.7 Å². The number of thioether (sulfide) groups is 1. The first-order chi connectivity index (χ1) is 15.6. The van der Waals surface area contributed by atoms with Gasteiger partial charge in [0.05, 0.1) is 21.6 Å². The van der Waals surface area contributed by atoms with Crippen molar-refractivity contribution < 1.29 is 4.79 Å². The normalized spacial score (nSPS) is 16.3. The highest BCUT2D eigenvalue weighted by Crippen LogP contribution is 2.35. The minimum Gasteiger partial charge on any atom is -0.369 e. The van der Waals surface area contributed by atoms with Crippen LogP contribution in [-0.2, 0) is 11.2 Å². The van der Waals surface area contributed by atoms with Crippen molar-refractivity contribution in [3.05, 3.63) is 63.7 Å². The number of carbonyl (C=O) groups is 1. The Bertz CT molecular complexity index is 1220. The number of carbonyl (C=O) groups excluding carboxylic acids is 1. The molecule has 1 aromatic heterocycles. The van der Waals surface area contributed by atoms with Crippen molar-refractivity contribution in [2.75, 3.05) is 34.8 Å². The molecule has 0 unspecified atom stereocenters. The third-order valence-electron chi connectivity index (χ3n) is 5.95. The molecule has 2 aliphatic rings. The van der Waals surface area contributed by atoms with E-state index in [1.807, 2.05) is 54.2 Å². The Labute approximate surface area is 196 Å². The summed E-state index contributed by atoms with van der Waals surface area (Å²) in [6.45, 7) is 1.97. The summed E-state index contributed by atoms with van der Waals surface area (Å²) in [5.41, 5.74) is 2.37. The van der Waals surface area contributed by atoms with E-state index in [4.69, 9.17) is 16.6 Å². The number of amides is 1. The molecule has 2 aromatic carbocycles. The summed E-state index contributed by atoms with van der Waals surface area (Å²) in [5, 5.41) is 4.22. The molecule has 3 aromatic rings. The molecule has 0 bridgehead atoms. The van der Waals surface area contributed by atoms with Crippen molar-refractivity contribution in [2.45, 2.75) is 31.7 Å². The van der Waals surface area contributed by atoms with Crippen LogP contribution in [0.4, 0.5) is 11.4 Å². The van der Waals surface area contributed by atoms with Crippen LogP contribution in [0.15, 0.2) is 47.3 Å². The van der Waals surface area contributed by atoms with Crippen LogP contribution >= 0.6 is 23.4 Å². The molecule has 0 radical (unpaired) electrons. The van der Waals surface area contributed by atoms with E-state index in [1.54, 1.807) is 4.57 Å². The van der Waals surface area contributed by atoms with Gasteiger partial charge in [0.2, 0.25) is 5.91 Å². The maximum absolute atomic E-state index is 13.0. The number of rotatable bonds is 6. The van der Waals surface area contributed by atoms with E-state index in [0.29, 0.717) is 33.9 Å². The van der Waals surface area contributed by atoms with Crippen molar-refractivity contribution in [3.8, 4) is 0 Å². The first-order valence-electron chi connectivity index (χ1n) is 11.0. The van der Waals surface area contributed by atoms with Crippen molar-refractivity contribution in [2.24, 2.45) is 0 Å². The summed E-state index contributed by atoms with van der Waals surface area (Å²) < 4.78 is 1.79. The number of nitrogens with zero attached hydrogens (tertiary/aromatic N) is 3. The number of benzene rings is 2. The molecule has 1 N–H and O–H groups in total. The fraction of sp³-hybridized carbons (Fsp3) is 0.375. The van der Waals surface area contributed by atoms with Gasteiger partial charge in [0.1, 0.15) is 5.82 Å². The molecular weight excluding hydrogens is 444 g/mol. The average molecular weight is 469 g/mol. The Kier molecular flexibility index (Phi) is 6.11. The smallest absolute Gasteiger partial charge is 0.261 e. The lowest BCUT2D eigenvalue weighted by Gasteiger charge is -2.29. The molecule has 5 rings (SSSR count). The lowest BCUT2D eigenvalue weighted by molar-refractivity contribution is -0.116. The van der Waals surface area contributed by atoms with Gasteiger partial charge >= 0.3 is 0 Å². The van der Waals surface area contributed by atoms with Gasteiger partial charge in [0.15, 0.2) is 0 Å². The zero-order chi connectivity index (χ0) is 22.1. The molecule has 2 fully saturated rings. The minimum atomic E-state index is -0.118. The van der Waals surface area contributed by atoms with Crippen LogP contribution in [0.5, 0.6) is 0 Å². The quantitative estimate of drug-likeness (QED) is 0.576. The molecule has 2 heterocycles. The van der Waals surface area contributed by atoms with Crippen LogP contribution in [0.2, 0.25) is 5.02 Å². The molecule has 1 amide bonds. The molecule has 1 saturated heterocycles. The summed E-state index contributed by atoms with van der Waals surface area (Å²) in [4.78, 5) is 32.6. The standard InChI is InChI=1S/C24H25ClN4O2S/c25-19-15-16(5-8-21(19)28-11-13-32-14-12-28)26-23(30)10-9-22-27-20-4-2-1-3-18(20)24(31)29(22)17-6-7-17/h1-5,8,15,17H,6-7,9-14H2,(H,26,30). The number of halogens is 1. The highest BCUT2D eigenvalue weighted by molar-refractivity contribution is 7.99. The van der Waals surface area contributed by atoms with Gasteiger partial charge in [-0.3, -0.25) is 14.2 Å². The number of para-hydroxylation sites is 1. The Morgan fingerprint density at radius 1 is 1.16 bits per heavy atom. The molecule has 1 saturated carbocycles. The molecule has 0 spiro atoms. The predicted octanol–water partition coefficient (Wildman–Crippen LogP) is 4.51. The highest BCUT2D eigenvalue weighted by Gasteiger charge is 2.28. The molecule has 0 atom stereocenters. The summed E-state index contributed by atoms with van der Waals surface area (Å²) in [7, 11) is 0. The Morgan fingerprint density at radius 2 is 1.94 bits per heavy atom. The molecule has 166 valence electrons. The van der Waals surface area contributed by atoms with Crippen LogP contribution < -0.4 is 15.8 Å². The number of fused-ring (bicyclic) bond motifs is 1. The number of aryl methyl sites for hydroxylation is 1. The Balaban J connectivity index is 1.28. The summed E-state index contributed by atoms with van der Waals surface area (Å²) in [5.74, 6) is 2.77. The average Bonchev–Trinajstić information content (AvgIpc) is 3.63. The van der Waals surface area contributed by atoms with Crippen molar-refractivity contribution in [3.63, 3.8) is 0 Å². The third kappa shape index (κ3) is 4.50. The summed E-state index contributed by atoms with van der Waals surface area (Å²) >= 11 is 8.46. The minimum absolute atomic E-state index is 0.00742. The second-order valence-electron chi connectivity index (χ2n) is 8.27. The van der Waals surface area contributed by atoms with Gasteiger partial charge in [-0.05, 0) is 43.2 Å². The number of hydrogen-bond acceptors (Lipinski definition) is 5. The van der Waals surface area contributed by atoms with E-state index in [-0.39, 0.29) is 23.9 Å². The molecule has 8 heteroatoms. The van der Waals surface area contributed by atoms with Crippen molar-refractivity contribution in [1.82, 2.24) is 9.55 Å².